The molecule has 1 aromatic carbocycles. The molecular weight excluding hydrogens is 238 g/mol. The highest BCUT2D eigenvalue weighted by atomic mass is 16.1. The number of nitrogens with two attached hydrogens (primary N) is 1. The summed E-state index contributed by atoms with van der Waals surface area (Å²) >= 11 is 0. The van der Waals surface area contributed by atoms with Crippen LogP contribution in [0.1, 0.15) is 42.1 Å². The van der Waals surface area contributed by atoms with Crippen LogP contribution in [0.4, 0.5) is 5.69 Å². The SMILES string of the molecule is CCNC(=O)c1ccc(NC2CCC(N)C2)c(C)c1. The molecule has 104 valence electrons. The monoisotopic (exact) mass is 261 g/mol. The first-order valence-electron chi connectivity index (χ1n) is 7.01. The number of anilines is 1. The summed E-state index contributed by atoms with van der Waals surface area (Å²) in [6, 6.07) is 6.58. The molecule has 1 saturated carbocycles. The lowest BCUT2D eigenvalue weighted by molar-refractivity contribution is 0.0956. The van der Waals surface area contributed by atoms with Crippen LogP contribution in [-0.4, -0.2) is 24.5 Å². The molecule has 2 rings (SSSR count). The van der Waals surface area contributed by atoms with E-state index in [0.717, 1.165) is 30.5 Å². The fourth-order valence-electron chi connectivity index (χ4n) is 2.60. The van der Waals surface area contributed by atoms with Gasteiger partial charge in [-0.3, -0.25) is 4.79 Å². The molecule has 0 aliphatic heterocycles. The molecule has 0 heterocycles. The van der Waals surface area contributed by atoms with E-state index < -0.39 is 0 Å². The minimum Gasteiger partial charge on any atom is -0.382 e. The lowest BCUT2D eigenvalue weighted by atomic mass is 10.1. The fourth-order valence-corrected chi connectivity index (χ4v) is 2.60. The van der Waals surface area contributed by atoms with E-state index in [1.54, 1.807) is 0 Å². The van der Waals surface area contributed by atoms with Gasteiger partial charge in [0.25, 0.3) is 5.91 Å². The predicted octanol–water partition coefficient (Wildman–Crippen LogP) is 2.04. The van der Waals surface area contributed by atoms with E-state index in [1.807, 2.05) is 32.0 Å². The first-order chi connectivity index (χ1) is 9.10. The van der Waals surface area contributed by atoms with Crippen LogP contribution in [0.2, 0.25) is 0 Å². The Morgan fingerprint density at radius 1 is 1.42 bits per heavy atom. The Bertz CT molecular complexity index is 459. The van der Waals surface area contributed by atoms with Crippen molar-refractivity contribution in [3.8, 4) is 0 Å². The Kier molecular flexibility index (Phi) is 4.43. The highest BCUT2D eigenvalue weighted by molar-refractivity contribution is 5.94. The van der Waals surface area contributed by atoms with Gasteiger partial charge in [0.05, 0.1) is 0 Å². The van der Waals surface area contributed by atoms with E-state index in [9.17, 15) is 4.79 Å². The van der Waals surface area contributed by atoms with Crippen LogP contribution in [0, 0.1) is 6.92 Å². The Morgan fingerprint density at radius 2 is 2.21 bits per heavy atom. The molecule has 4 N–H and O–H groups in total. The second-order valence-corrected chi connectivity index (χ2v) is 5.30. The maximum atomic E-state index is 11.7. The van der Waals surface area contributed by atoms with Gasteiger partial charge in [-0.25, -0.2) is 0 Å². The van der Waals surface area contributed by atoms with Gasteiger partial charge in [0, 0.05) is 29.9 Å². The molecular formula is C15H23N3O. The third-order valence-electron chi connectivity index (χ3n) is 3.66. The number of nitrogens with one attached hydrogen (secondary N) is 2. The Morgan fingerprint density at radius 3 is 2.79 bits per heavy atom. The normalized spacial score (nSPS) is 22.3. The number of aryl methyl sites for hydroxylation is 1. The predicted molar refractivity (Wildman–Crippen MR) is 78.4 cm³/mol. The molecule has 1 fully saturated rings. The molecule has 1 aliphatic carbocycles. The lowest BCUT2D eigenvalue weighted by Crippen LogP contribution is -2.23. The molecule has 0 saturated heterocycles. The van der Waals surface area contributed by atoms with Gasteiger partial charge in [-0.2, -0.15) is 0 Å². The number of rotatable bonds is 4. The maximum absolute atomic E-state index is 11.7. The molecule has 4 nitrogen and oxygen atoms in total. The Balaban J connectivity index is 2.04. The zero-order valence-electron chi connectivity index (χ0n) is 11.7. The molecule has 1 aromatic rings. The minimum atomic E-state index is -0.0139. The van der Waals surface area contributed by atoms with E-state index in [2.05, 4.69) is 10.6 Å². The molecule has 0 bridgehead atoms. The summed E-state index contributed by atoms with van der Waals surface area (Å²) in [6.45, 7) is 4.60. The van der Waals surface area contributed by atoms with Gasteiger partial charge < -0.3 is 16.4 Å². The van der Waals surface area contributed by atoms with Crippen molar-refractivity contribution >= 4 is 11.6 Å². The smallest absolute Gasteiger partial charge is 0.251 e. The van der Waals surface area contributed by atoms with Crippen molar-refractivity contribution in [2.75, 3.05) is 11.9 Å². The lowest BCUT2D eigenvalue weighted by Gasteiger charge is -2.16. The third kappa shape index (κ3) is 3.47. The van der Waals surface area contributed by atoms with Crippen molar-refractivity contribution in [1.29, 1.82) is 0 Å². The average Bonchev–Trinajstić information content (AvgIpc) is 2.78. The average molecular weight is 261 g/mol. The van der Waals surface area contributed by atoms with Crippen molar-refractivity contribution in [3.05, 3.63) is 29.3 Å². The molecule has 2 atom stereocenters. The topological polar surface area (TPSA) is 67.2 Å². The van der Waals surface area contributed by atoms with Crippen molar-refractivity contribution in [2.45, 2.75) is 45.2 Å². The van der Waals surface area contributed by atoms with Crippen molar-refractivity contribution < 1.29 is 4.79 Å². The number of carbonyl (C=O) groups is 1. The van der Waals surface area contributed by atoms with Crippen LogP contribution in [0.5, 0.6) is 0 Å². The van der Waals surface area contributed by atoms with Crippen molar-refractivity contribution in [3.63, 3.8) is 0 Å². The molecule has 2 unspecified atom stereocenters. The highest BCUT2D eigenvalue weighted by Gasteiger charge is 2.21. The van der Waals surface area contributed by atoms with E-state index in [1.165, 1.54) is 0 Å². The van der Waals surface area contributed by atoms with E-state index >= 15 is 0 Å². The summed E-state index contributed by atoms with van der Waals surface area (Å²) in [7, 11) is 0. The van der Waals surface area contributed by atoms with Gasteiger partial charge >= 0.3 is 0 Å². The van der Waals surface area contributed by atoms with E-state index in [-0.39, 0.29) is 5.91 Å². The van der Waals surface area contributed by atoms with Crippen LogP contribution in [0.3, 0.4) is 0 Å². The van der Waals surface area contributed by atoms with Crippen LogP contribution in [-0.2, 0) is 0 Å². The highest BCUT2D eigenvalue weighted by Crippen LogP contribution is 2.24. The van der Waals surface area contributed by atoms with Crippen LogP contribution in [0.25, 0.3) is 0 Å². The quantitative estimate of drug-likeness (QED) is 0.777. The van der Waals surface area contributed by atoms with E-state index in [0.29, 0.717) is 24.2 Å². The van der Waals surface area contributed by atoms with Gasteiger partial charge in [0.1, 0.15) is 0 Å². The summed E-state index contributed by atoms with van der Waals surface area (Å²) in [5.41, 5.74) is 8.84. The zero-order valence-corrected chi connectivity index (χ0v) is 11.7. The minimum absolute atomic E-state index is 0.0139. The third-order valence-corrected chi connectivity index (χ3v) is 3.66. The molecule has 0 aromatic heterocycles. The van der Waals surface area contributed by atoms with Crippen LogP contribution >= 0.6 is 0 Å². The largest absolute Gasteiger partial charge is 0.382 e. The number of amides is 1. The van der Waals surface area contributed by atoms with Gasteiger partial charge in [-0.05, 0) is 56.9 Å². The molecule has 4 heteroatoms. The van der Waals surface area contributed by atoms with Crippen LogP contribution in [0.15, 0.2) is 18.2 Å². The fraction of sp³-hybridized carbons (Fsp3) is 0.533. The first kappa shape index (κ1) is 13.9. The Labute approximate surface area is 114 Å². The van der Waals surface area contributed by atoms with Gasteiger partial charge in [-0.1, -0.05) is 0 Å². The second-order valence-electron chi connectivity index (χ2n) is 5.30. The van der Waals surface area contributed by atoms with Crippen molar-refractivity contribution in [2.24, 2.45) is 5.73 Å². The molecule has 19 heavy (non-hydrogen) atoms. The summed E-state index contributed by atoms with van der Waals surface area (Å²) in [5, 5.41) is 6.34. The zero-order chi connectivity index (χ0) is 13.8. The second kappa shape index (κ2) is 6.06. The molecule has 0 spiro atoms. The van der Waals surface area contributed by atoms with Crippen molar-refractivity contribution in [1.82, 2.24) is 5.32 Å². The summed E-state index contributed by atoms with van der Waals surface area (Å²) < 4.78 is 0. The number of hydrogen-bond acceptors (Lipinski definition) is 3. The van der Waals surface area contributed by atoms with Crippen LogP contribution < -0.4 is 16.4 Å². The molecule has 1 aliphatic rings. The summed E-state index contributed by atoms with van der Waals surface area (Å²) in [4.78, 5) is 11.7. The Hall–Kier alpha value is -1.55. The van der Waals surface area contributed by atoms with Gasteiger partial charge in [-0.15, -0.1) is 0 Å². The molecule has 0 radical (unpaired) electrons. The van der Waals surface area contributed by atoms with E-state index in [4.69, 9.17) is 5.73 Å². The first-order valence-corrected chi connectivity index (χ1v) is 7.01. The number of hydrogen-bond donors (Lipinski definition) is 3. The van der Waals surface area contributed by atoms with Gasteiger partial charge in [0.15, 0.2) is 0 Å². The summed E-state index contributed by atoms with van der Waals surface area (Å²) in [5.74, 6) is -0.0139. The molecule has 1 amide bonds. The maximum Gasteiger partial charge on any atom is 0.251 e. The standard InChI is InChI=1S/C15H23N3O/c1-3-17-15(19)11-4-7-14(10(2)8-11)18-13-6-5-12(16)9-13/h4,7-8,12-13,18H,3,5-6,9,16H2,1-2H3,(H,17,19). The number of benzene rings is 1. The number of carbonyl (C=O) groups excluding carboxylic acids is 1. The summed E-state index contributed by atoms with van der Waals surface area (Å²) in [6.07, 6.45) is 3.24. The van der Waals surface area contributed by atoms with Gasteiger partial charge in [0.2, 0.25) is 0 Å².